The zero-order valence-corrected chi connectivity index (χ0v) is 8.47. The number of carbonyl (C=O) groups excluding carboxylic acids is 1. The fourth-order valence-corrected chi connectivity index (χ4v) is 1.60. The van der Waals surface area contributed by atoms with Crippen molar-refractivity contribution in [2.24, 2.45) is 0 Å². The molecule has 0 aliphatic carbocycles. The third-order valence-electron chi connectivity index (χ3n) is 2.44. The smallest absolute Gasteiger partial charge is 0.269 e. The van der Waals surface area contributed by atoms with Crippen molar-refractivity contribution in [3.63, 3.8) is 0 Å². The SMILES string of the molecule is O=C1CCN[C@H](c2ccc([N+](=O)[O-])cc2)N1. The summed E-state index contributed by atoms with van der Waals surface area (Å²) in [7, 11) is 0. The number of rotatable bonds is 2. The summed E-state index contributed by atoms with van der Waals surface area (Å²) in [5.74, 6) is -0.0119. The Balaban J connectivity index is 2.14. The number of nitrogens with one attached hydrogen (secondary N) is 2. The van der Waals surface area contributed by atoms with Gasteiger partial charge in [-0.15, -0.1) is 0 Å². The summed E-state index contributed by atoms with van der Waals surface area (Å²) < 4.78 is 0. The first kappa shape index (κ1) is 10.6. The van der Waals surface area contributed by atoms with Crippen LogP contribution in [0.3, 0.4) is 0 Å². The summed E-state index contributed by atoms with van der Waals surface area (Å²) in [4.78, 5) is 21.2. The molecule has 1 aliphatic heterocycles. The van der Waals surface area contributed by atoms with E-state index in [1.54, 1.807) is 12.1 Å². The highest BCUT2D eigenvalue weighted by molar-refractivity contribution is 5.77. The third-order valence-corrected chi connectivity index (χ3v) is 2.44. The van der Waals surface area contributed by atoms with Crippen molar-refractivity contribution in [1.29, 1.82) is 0 Å². The normalized spacial score (nSPS) is 20.2. The number of nitro benzene ring substituents is 1. The third kappa shape index (κ3) is 2.17. The lowest BCUT2D eigenvalue weighted by atomic mass is 10.1. The average molecular weight is 221 g/mol. The van der Waals surface area contributed by atoms with Gasteiger partial charge < -0.3 is 5.32 Å². The second-order valence-corrected chi connectivity index (χ2v) is 3.55. The molecule has 0 unspecified atom stereocenters. The molecule has 0 spiro atoms. The molecule has 1 amide bonds. The summed E-state index contributed by atoms with van der Waals surface area (Å²) in [6.07, 6.45) is 0.214. The Morgan fingerprint density at radius 2 is 2.00 bits per heavy atom. The van der Waals surface area contributed by atoms with E-state index in [4.69, 9.17) is 0 Å². The number of benzene rings is 1. The zero-order chi connectivity index (χ0) is 11.5. The predicted molar refractivity (Wildman–Crippen MR) is 56.6 cm³/mol. The van der Waals surface area contributed by atoms with Crippen LogP contribution in [0.25, 0.3) is 0 Å². The highest BCUT2D eigenvalue weighted by atomic mass is 16.6. The molecule has 0 aromatic heterocycles. The molecule has 1 heterocycles. The van der Waals surface area contributed by atoms with Crippen LogP contribution in [0.5, 0.6) is 0 Å². The first-order chi connectivity index (χ1) is 7.66. The number of hydrogen-bond acceptors (Lipinski definition) is 4. The summed E-state index contributed by atoms with van der Waals surface area (Å²) >= 11 is 0. The molecule has 1 aromatic rings. The predicted octanol–water partition coefficient (Wildman–Crippen LogP) is 0.703. The first-order valence-electron chi connectivity index (χ1n) is 4.94. The average Bonchev–Trinajstić information content (AvgIpc) is 2.29. The molecule has 6 heteroatoms. The Kier molecular flexibility index (Phi) is 2.82. The van der Waals surface area contributed by atoms with Gasteiger partial charge in [-0.2, -0.15) is 0 Å². The molecule has 16 heavy (non-hydrogen) atoms. The lowest BCUT2D eigenvalue weighted by Gasteiger charge is -2.24. The van der Waals surface area contributed by atoms with Gasteiger partial charge in [-0.25, -0.2) is 0 Å². The zero-order valence-electron chi connectivity index (χ0n) is 8.47. The Labute approximate surface area is 91.8 Å². The van der Waals surface area contributed by atoms with Crippen LogP contribution in [-0.2, 0) is 4.79 Å². The van der Waals surface area contributed by atoms with Crippen molar-refractivity contribution >= 4 is 11.6 Å². The van der Waals surface area contributed by atoms with Gasteiger partial charge in [0.2, 0.25) is 5.91 Å². The largest absolute Gasteiger partial charge is 0.337 e. The Morgan fingerprint density at radius 3 is 2.56 bits per heavy atom. The molecule has 1 fully saturated rings. The van der Waals surface area contributed by atoms with Gasteiger partial charge >= 0.3 is 0 Å². The van der Waals surface area contributed by atoms with E-state index in [-0.39, 0.29) is 17.8 Å². The van der Waals surface area contributed by atoms with E-state index in [9.17, 15) is 14.9 Å². The fourth-order valence-electron chi connectivity index (χ4n) is 1.60. The lowest BCUT2D eigenvalue weighted by molar-refractivity contribution is -0.384. The molecule has 1 aromatic carbocycles. The maximum atomic E-state index is 11.2. The second-order valence-electron chi connectivity index (χ2n) is 3.55. The van der Waals surface area contributed by atoms with Crippen LogP contribution >= 0.6 is 0 Å². The van der Waals surface area contributed by atoms with Gasteiger partial charge in [0, 0.05) is 25.1 Å². The van der Waals surface area contributed by atoms with E-state index in [1.165, 1.54) is 12.1 Å². The minimum absolute atomic E-state index is 0.0119. The number of nitrogens with zero attached hydrogens (tertiary/aromatic N) is 1. The van der Waals surface area contributed by atoms with Crippen LogP contribution in [-0.4, -0.2) is 17.4 Å². The standard InChI is InChI=1S/C10H11N3O3/c14-9-5-6-11-10(12-9)7-1-3-8(4-2-7)13(15)16/h1-4,10-11H,5-6H2,(H,12,14)/t10-/m0/s1. The van der Waals surface area contributed by atoms with Gasteiger partial charge in [-0.1, -0.05) is 0 Å². The molecule has 2 rings (SSSR count). The van der Waals surface area contributed by atoms with Crippen LogP contribution < -0.4 is 10.6 Å². The Bertz CT molecular complexity index is 416. The molecular formula is C10H11N3O3. The lowest BCUT2D eigenvalue weighted by Crippen LogP contribution is -2.44. The molecule has 84 valence electrons. The molecule has 6 nitrogen and oxygen atoms in total. The summed E-state index contributed by atoms with van der Waals surface area (Å²) in [6, 6.07) is 6.14. The van der Waals surface area contributed by atoms with Crippen LogP contribution in [0.1, 0.15) is 18.2 Å². The van der Waals surface area contributed by atoms with E-state index in [0.717, 1.165) is 5.56 Å². The van der Waals surface area contributed by atoms with Crippen molar-refractivity contribution < 1.29 is 9.72 Å². The highest BCUT2D eigenvalue weighted by Crippen LogP contribution is 2.17. The van der Waals surface area contributed by atoms with Crippen molar-refractivity contribution in [3.05, 3.63) is 39.9 Å². The van der Waals surface area contributed by atoms with Crippen molar-refractivity contribution in [2.45, 2.75) is 12.6 Å². The van der Waals surface area contributed by atoms with Crippen molar-refractivity contribution in [3.8, 4) is 0 Å². The van der Waals surface area contributed by atoms with Gasteiger partial charge in [0.1, 0.15) is 6.17 Å². The van der Waals surface area contributed by atoms with Gasteiger partial charge in [-0.05, 0) is 17.7 Å². The molecule has 0 radical (unpaired) electrons. The van der Waals surface area contributed by atoms with E-state index >= 15 is 0 Å². The summed E-state index contributed by atoms with van der Waals surface area (Å²) in [5.41, 5.74) is 0.865. The second kappa shape index (κ2) is 4.28. The fraction of sp³-hybridized carbons (Fsp3) is 0.300. The van der Waals surface area contributed by atoms with Crippen LogP contribution in [0.2, 0.25) is 0 Å². The van der Waals surface area contributed by atoms with Gasteiger partial charge in [0.25, 0.3) is 5.69 Å². The summed E-state index contributed by atoms with van der Waals surface area (Å²) in [6.45, 7) is 0.619. The van der Waals surface area contributed by atoms with Crippen molar-refractivity contribution in [2.75, 3.05) is 6.54 Å². The number of carbonyl (C=O) groups is 1. The van der Waals surface area contributed by atoms with E-state index in [0.29, 0.717) is 13.0 Å². The number of hydrogen-bond donors (Lipinski definition) is 2. The maximum Gasteiger partial charge on any atom is 0.269 e. The first-order valence-corrected chi connectivity index (χ1v) is 4.94. The molecule has 1 atom stereocenters. The van der Waals surface area contributed by atoms with Gasteiger partial charge in [0.05, 0.1) is 4.92 Å². The molecule has 2 N–H and O–H groups in total. The van der Waals surface area contributed by atoms with Gasteiger partial charge in [-0.3, -0.25) is 20.2 Å². The molecule has 0 bridgehead atoms. The molecule has 1 saturated heterocycles. The minimum Gasteiger partial charge on any atom is -0.337 e. The molecule has 0 saturated carbocycles. The molecule has 1 aliphatic rings. The van der Waals surface area contributed by atoms with E-state index in [1.807, 2.05) is 0 Å². The minimum atomic E-state index is -0.448. The number of nitro groups is 1. The maximum absolute atomic E-state index is 11.2. The Hall–Kier alpha value is -1.95. The quantitative estimate of drug-likeness (QED) is 0.568. The Morgan fingerprint density at radius 1 is 1.31 bits per heavy atom. The monoisotopic (exact) mass is 221 g/mol. The van der Waals surface area contributed by atoms with Crippen molar-refractivity contribution in [1.82, 2.24) is 10.6 Å². The molecular weight excluding hydrogens is 210 g/mol. The number of amides is 1. The van der Waals surface area contributed by atoms with Gasteiger partial charge in [0.15, 0.2) is 0 Å². The van der Waals surface area contributed by atoms with Crippen LogP contribution in [0.4, 0.5) is 5.69 Å². The summed E-state index contributed by atoms with van der Waals surface area (Å²) in [5, 5.41) is 16.3. The number of non-ortho nitro benzene ring substituents is 1. The van der Waals surface area contributed by atoms with Crippen LogP contribution in [0, 0.1) is 10.1 Å². The topological polar surface area (TPSA) is 84.3 Å². The van der Waals surface area contributed by atoms with Crippen LogP contribution in [0.15, 0.2) is 24.3 Å². The highest BCUT2D eigenvalue weighted by Gasteiger charge is 2.19. The van der Waals surface area contributed by atoms with E-state index in [2.05, 4.69) is 10.6 Å². The van der Waals surface area contributed by atoms with E-state index < -0.39 is 4.92 Å².